The third-order valence-electron chi connectivity index (χ3n) is 5.18. The lowest BCUT2D eigenvalue weighted by Crippen LogP contribution is -2.51. The summed E-state index contributed by atoms with van der Waals surface area (Å²) in [4.78, 5) is 29.0. The van der Waals surface area contributed by atoms with E-state index in [1.807, 2.05) is 6.92 Å². The first-order valence-corrected chi connectivity index (χ1v) is 9.54. The van der Waals surface area contributed by atoms with Crippen molar-refractivity contribution in [1.29, 1.82) is 0 Å². The van der Waals surface area contributed by atoms with E-state index in [2.05, 4.69) is 20.6 Å². The van der Waals surface area contributed by atoms with Gasteiger partial charge in [-0.15, -0.1) is 5.10 Å². The number of hydrogen-bond donors (Lipinski definition) is 0. The largest absolute Gasteiger partial charge is 0.338 e. The zero-order chi connectivity index (χ0) is 21.3. The van der Waals surface area contributed by atoms with Crippen LogP contribution in [0.3, 0.4) is 0 Å². The number of tetrazole rings is 1. The topological polar surface area (TPSA) is 102 Å². The highest BCUT2D eigenvalue weighted by atomic mass is 19.1. The van der Waals surface area contributed by atoms with E-state index in [1.54, 1.807) is 33.5 Å². The molecule has 3 aromatic rings. The molecule has 1 aliphatic rings. The number of amides is 2. The summed E-state index contributed by atoms with van der Waals surface area (Å²) < 4.78 is 16.2. The van der Waals surface area contributed by atoms with Gasteiger partial charge >= 0.3 is 0 Å². The first-order valence-electron chi connectivity index (χ1n) is 9.54. The zero-order valence-electron chi connectivity index (χ0n) is 16.7. The molecule has 3 heterocycles. The van der Waals surface area contributed by atoms with Crippen LogP contribution in [0.1, 0.15) is 21.7 Å². The number of halogens is 1. The van der Waals surface area contributed by atoms with E-state index in [1.165, 1.54) is 23.1 Å². The molecular formula is C19H21FN8O2. The maximum absolute atomic E-state index is 13.2. The number of hydrogen-bond acceptors (Lipinski definition) is 6. The van der Waals surface area contributed by atoms with Crippen LogP contribution in [-0.2, 0) is 11.3 Å². The SMILES string of the molecule is Cc1nn(-c2ccc(F)cc2)c(C)c1C(=O)N1CCN(C(=O)Cn2cnnn2)CC1. The van der Waals surface area contributed by atoms with Crippen LogP contribution in [0.2, 0.25) is 0 Å². The number of aryl methyl sites for hydroxylation is 1. The second-order valence-corrected chi connectivity index (χ2v) is 7.11. The lowest BCUT2D eigenvalue weighted by Gasteiger charge is -2.34. The molecule has 0 aliphatic carbocycles. The minimum atomic E-state index is -0.330. The summed E-state index contributed by atoms with van der Waals surface area (Å²) in [6.07, 6.45) is 1.39. The Labute approximate surface area is 171 Å². The lowest BCUT2D eigenvalue weighted by molar-refractivity contribution is -0.133. The van der Waals surface area contributed by atoms with Crippen molar-refractivity contribution in [3.63, 3.8) is 0 Å². The molecule has 1 fully saturated rings. The first-order chi connectivity index (χ1) is 14.4. The van der Waals surface area contributed by atoms with E-state index in [0.717, 1.165) is 0 Å². The van der Waals surface area contributed by atoms with Crippen molar-refractivity contribution in [1.82, 2.24) is 39.8 Å². The third kappa shape index (κ3) is 3.78. The van der Waals surface area contributed by atoms with Crippen LogP contribution in [0, 0.1) is 19.7 Å². The fraction of sp³-hybridized carbons (Fsp3) is 0.368. The predicted octanol–water partition coefficient (Wildman–Crippen LogP) is 0.599. The number of nitrogens with zero attached hydrogens (tertiary/aromatic N) is 8. The van der Waals surface area contributed by atoms with Gasteiger partial charge in [0.1, 0.15) is 18.7 Å². The Morgan fingerprint density at radius 2 is 1.70 bits per heavy atom. The van der Waals surface area contributed by atoms with Crippen molar-refractivity contribution < 1.29 is 14.0 Å². The van der Waals surface area contributed by atoms with Crippen LogP contribution >= 0.6 is 0 Å². The quantitative estimate of drug-likeness (QED) is 0.622. The summed E-state index contributed by atoms with van der Waals surface area (Å²) in [5.41, 5.74) is 2.53. The fourth-order valence-corrected chi connectivity index (χ4v) is 3.59. The summed E-state index contributed by atoms with van der Waals surface area (Å²) in [6.45, 7) is 5.42. The summed E-state index contributed by atoms with van der Waals surface area (Å²) in [5, 5.41) is 15.2. The number of rotatable bonds is 4. The summed E-state index contributed by atoms with van der Waals surface area (Å²) in [7, 11) is 0. The van der Waals surface area contributed by atoms with Gasteiger partial charge in [0.2, 0.25) is 5.91 Å². The molecular weight excluding hydrogens is 391 g/mol. The average Bonchev–Trinajstić information content (AvgIpc) is 3.36. The molecule has 0 atom stereocenters. The maximum atomic E-state index is 13.2. The highest BCUT2D eigenvalue weighted by Gasteiger charge is 2.28. The maximum Gasteiger partial charge on any atom is 0.257 e. The number of carbonyl (C=O) groups excluding carboxylic acids is 2. The lowest BCUT2D eigenvalue weighted by atomic mass is 10.1. The highest BCUT2D eigenvalue weighted by molar-refractivity contribution is 5.96. The number of benzene rings is 1. The molecule has 0 radical (unpaired) electrons. The van der Waals surface area contributed by atoms with Gasteiger partial charge in [0.15, 0.2) is 0 Å². The molecule has 0 bridgehead atoms. The smallest absolute Gasteiger partial charge is 0.257 e. The van der Waals surface area contributed by atoms with Gasteiger partial charge in [-0.05, 0) is 48.5 Å². The van der Waals surface area contributed by atoms with Crippen molar-refractivity contribution in [3.8, 4) is 5.69 Å². The van der Waals surface area contributed by atoms with Gasteiger partial charge in [-0.25, -0.2) is 13.8 Å². The molecule has 2 aromatic heterocycles. The minimum absolute atomic E-state index is 0.0730. The second kappa shape index (κ2) is 8.01. The third-order valence-corrected chi connectivity index (χ3v) is 5.18. The number of carbonyl (C=O) groups is 2. The molecule has 156 valence electrons. The van der Waals surface area contributed by atoms with Crippen LogP contribution in [0.25, 0.3) is 5.69 Å². The Kier molecular flexibility index (Phi) is 5.25. The molecule has 10 nitrogen and oxygen atoms in total. The number of aromatic nitrogens is 6. The summed E-state index contributed by atoms with van der Waals surface area (Å²) in [6, 6.07) is 5.97. The minimum Gasteiger partial charge on any atom is -0.338 e. The molecule has 1 aromatic carbocycles. The molecule has 0 unspecified atom stereocenters. The van der Waals surface area contributed by atoms with Gasteiger partial charge in [-0.3, -0.25) is 9.59 Å². The van der Waals surface area contributed by atoms with Crippen molar-refractivity contribution in [2.45, 2.75) is 20.4 Å². The van der Waals surface area contributed by atoms with Crippen LogP contribution in [0.4, 0.5) is 4.39 Å². The van der Waals surface area contributed by atoms with E-state index in [4.69, 9.17) is 0 Å². The molecule has 4 rings (SSSR count). The van der Waals surface area contributed by atoms with Crippen LogP contribution < -0.4 is 0 Å². The van der Waals surface area contributed by atoms with E-state index >= 15 is 0 Å². The molecule has 11 heteroatoms. The van der Waals surface area contributed by atoms with E-state index in [0.29, 0.717) is 48.8 Å². The van der Waals surface area contributed by atoms with Crippen molar-refractivity contribution in [2.24, 2.45) is 0 Å². The molecule has 0 N–H and O–H groups in total. The molecule has 0 saturated carbocycles. The zero-order valence-corrected chi connectivity index (χ0v) is 16.7. The Bertz CT molecular complexity index is 1050. The molecule has 2 amide bonds. The van der Waals surface area contributed by atoms with Crippen molar-refractivity contribution in [3.05, 3.63) is 53.4 Å². The monoisotopic (exact) mass is 412 g/mol. The molecule has 1 aliphatic heterocycles. The Balaban J connectivity index is 1.44. The van der Waals surface area contributed by atoms with Gasteiger partial charge in [0.25, 0.3) is 5.91 Å². The first kappa shape index (κ1) is 19.7. The Hall–Kier alpha value is -3.63. The standard InChI is InChI=1S/C19H21FN8O2/c1-13-18(14(2)28(22-13)16-5-3-15(20)4-6-16)19(30)26-9-7-25(8-10-26)17(29)11-27-12-21-23-24-27/h3-6,12H,7-11H2,1-2H3. The average molecular weight is 412 g/mol. The van der Waals surface area contributed by atoms with Crippen molar-refractivity contribution in [2.75, 3.05) is 26.2 Å². The van der Waals surface area contributed by atoms with E-state index in [9.17, 15) is 14.0 Å². The van der Waals surface area contributed by atoms with Gasteiger partial charge in [0.05, 0.1) is 22.6 Å². The predicted molar refractivity (Wildman–Crippen MR) is 103 cm³/mol. The van der Waals surface area contributed by atoms with E-state index in [-0.39, 0.29) is 24.2 Å². The summed E-state index contributed by atoms with van der Waals surface area (Å²) >= 11 is 0. The van der Waals surface area contributed by atoms with Crippen LogP contribution in [-0.4, -0.2) is 77.8 Å². The second-order valence-electron chi connectivity index (χ2n) is 7.11. The molecule has 1 saturated heterocycles. The van der Waals surface area contributed by atoms with Crippen LogP contribution in [0.5, 0.6) is 0 Å². The Morgan fingerprint density at radius 3 is 2.33 bits per heavy atom. The van der Waals surface area contributed by atoms with Gasteiger partial charge in [0, 0.05) is 26.2 Å². The fourth-order valence-electron chi connectivity index (χ4n) is 3.59. The van der Waals surface area contributed by atoms with Gasteiger partial charge in [-0.2, -0.15) is 5.10 Å². The highest BCUT2D eigenvalue weighted by Crippen LogP contribution is 2.21. The molecule has 30 heavy (non-hydrogen) atoms. The molecule has 0 spiro atoms. The van der Waals surface area contributed by atoms with Gasteiger partial charge in [-0.1, -0.05) is 0 Å². The number of piperazine rings is 1. The summed E-state index contributed by atoms with van der Waals surface area (Å²) in [5.74, 6) is -0.541. The van der Waals surface area contributed by atoms with Crippen molar-refractivity contribution >= 4 is 11.8 Å². The normalized spacial score (nSPS) is 14.2. The Morgan fingerprint density at radius 1 is 1.03 bits per heavy atom. The van der Waals surface area contributed by atoms with E-state index < -0.39 is 0 Å². The van der Waals surface area contributed by atoms with Gasteiger partial charge < -0.3 is 9.80 Å². The van der Waals surface area contributed by atoms with Crippen LogP contribution in [0.15, 0.2) is 30.6 Å².